The molecule has 2 saturated heterocycles. The number of nitrogens with zero attached hydrogens (tertiary/aromatic N) is 1. The lowest BCUT2D eigenvalue weighted by Gasteiger charge is -2.45. The first-order valence-electron chi connectivity index (χ1n) is 9.84. The largest absolute Gasteiger partial charge is 0.299 e. The summed E-state index contributed by atoms with van der Waals surface area (Å²) in [5.74, 6) is 0.0135. The number of rotatable bonds is 4. The zero-order valence-electron chi connectivity index (χ0n) is 15.6. The number of likely N-dealkylation sites (tertiary alicyclic amines) is 1. The predicted molar refractivity (Wildman–Crippen MR) is 105 cm³/mol. The molecule has 1 N–H and O–H groups in total. The van der Waals surface area contributed by atoms with Crippen LogP contribution in [0.15, 0.2) is 60.7 Å². The van der Waals surface area contributed by atoms with Gasteiger partial charge in [0, 0.05) is 13.0 Å². The van der Waals surface area contributed by atoms with Crippen molar-refractivity contribution in [3.8, 4) is 0 Å². The van der Waals surface area contributed by atoms with Gasteiger partial charge in [0.1, 0.15) is 0 Å². The van der Waals surface area contributed by atoms with E-state index in [9.17, 15) is 9.59 Å². The minimum atomic E-state index is -0.575. The van der Waals surface area contributed by atoms with Crippen molar-refractivity contribution < 1.29 is 9.59 Å². The van der Waals surface area contributed by atoms with Crippen molar-refractivity contribution in [2.75, 3.05) is 13.1 Å². The fourth-order valence-electron chi connectivity index (χ4n) is 4.79. The lowest BCUT2D eigenvalue weighted by atomic mass is 9.62. The molecule has 0 bridgehead atoms. The van der Waals surface area contributed by atoms with E-state index in [1.165, 1.54) is 5.56 Å². The molecule has 2 aliphatic rings. The fraction of sp³-hybridized carbons (Fsp3) is 0.391. The molecule has 140 valence electrons. The average Bonchev–Trinajstić information content (AvgIpc) is 2.71. The van der Waals surface area contributed by atoms with Crippen LogP contribution in [-0.2, 0) is 21.5 Å². The number of hydrogen-bond donors (Lipinski definition) is 1. The van der Waals surface area contributed by atoms with E-state index < -0.39 is 5.41 Å². The van der Waals surface area contributed by atoms with Crippen molar-refractivity contribution in [3.05, 3.63) is 71.8 Å². The Balaban J connectivity index is 1.53. The van der Waals surface area contributed by atoms with E-state index in [1.54, 1.807) is 0 Å². The average molecular weight is 362 g/mol. The van der Waals surface area contributed by atoms with Gasteiger partial charge in [-0.3, -0.25) is 19.8 Å². The molecule has 0 unspecified atom stereocenters. The summed E-state index contributed by atoms with van der Waals surface area (Å²) in [5.41, 5.74) is 1.81. The van der Waals surface area contributed by atoms with Gasteiger partial charge in [-0.2, -0.15) is 0 Å². The van der Waals surface area contributed by atoms with Gasteiger partial charge in [0.25, 0.3) is 0 Å². The fourth-order valence-corrected chi connectivity index (χ4v) is 4.79. The number of imide groups is 1. The Morgan fingerprint density at radius 3 is 2.19 bits per heavy atom. The quantitative estimate of drug-likeness (QED) is 0.849. The first-order chi connectivity index (χ1) is 13.2. The second-order valence-corrected chi connectivity index (χ2v) is 7.75. The number of benzene rings is 2. The van der Waals surface area contributed by atoms with Gasteiger partial charge >= 0.3 is 0 Å². The van der Waals surface area contributed by atoms with Crippen molar-refractivity contribution in [3.63, 3.8) is 0 Å². The molecule has 27 heavy (non-hydrogen) atoms. The molecular weight excluding hydrogens is 336 g/mol. The molecule has 4 heteroatoms. The Morgan fingerprint density at radius 2 is 1.56 bits per heavy atom. The number of nitrogens with one attached hydrogen (secondary N) is 1. The van der Waals surface area contributed by atoms with Crippen molar-refractivity contribution in [2.24, 2.45) is 5.92 Å². The molecule has 4 nitrogen and oxygen atoms in total. The first kappa shape index (κ1) is 17.9. The van der Waals surface area contributed by atoms with Gasteiger partial charge in [-0.15, -0.1) is 0 Å². The Morgan fingerprint density at radius 1 is 0.926 bits per heavy atom. The zero-order chi connectivity index (χ0) is 18.7. The van der Waals surface area contributed by atoms with Crippen LogP contribution in [0.4, 0.5) is 0 Å². The molecule has 0 spiro atoms. The van der Waals surface area contributed by atoms with Crippen LogP contribution in [-0.4, -0.2) is 29.8 Å². The van der Waals surface area contributed by atoms with Crippen LogP contribution < -0.4 is 5.32 Å². The summed E-state index contributed by atoms with van der Waals surface area (Å²) in [6, 6.07) is 20.6. The second-order valence-electron chi connectivity index (χ2n) is 7.75. The highest BCUT2D eigenvalue weighted by Gasteiger charge is 2.50. The third kappa shape index (κ3) is 3.54. The maximum absolute atomic E-state index is 13.1. The molecule has 2 aliphatic heterocycles. The Labute approximate surface area is 160 Å². The molecule has 2 amide bonds. The number of amides is 2. The highest BCUT2D eigenvalue weighted by atomic mass is 16.2. The van der Waals surface area contributed by atoms with Crippen molar-refractivity contribution >= 4 is 11.8 Å². The van der Waals surface area contributed by atoms with Gasteiger partial charge in [0.05, 0.1) is 5.41 Å². The minimum absolute atomic E-state index is 0.105. The van der Waals surface area contributed by atoms with Gasteiger partial charge in [-0.05, 0) is 49.4 Å². The monoisotopic (exact) mass is 362 g/mol. The van der Waals surface area contributed by atoms with Gasteiger partial charge < -0.3 is 0 Å². The minimum Gasteiger partial charge on any atom is -0.299 e. The van der Waals surface area contributed by atoms with E-state index >= 15 is 0 Å². The SMILES string of the molecule is O=C1CC[C@@](c2ccccc2)(C2CCN(Cc3ccccc3)CC2)C(=O)N1. The van der Waals surface area contributed by atoms with Crippen LogP contribution >= 0.6 is 0 Å². The molecule has 2 aromatic rings. The summed E-state index contributed by atoms with van der Waals surface area (Å²) in [4.78, 5) is 27.3. The second kappa shape index (κ2) is 7.65. The van der Waals surface area contributed by atoms with Gasteiger partial charge in [-0.1, -0.05) is 60.7 Å². The lowest BCUT2D eigenvalue weighted by molar-refractivity contribution is -0.140. The standard InChI is InChI=1S/C23H26N2O2/c26-21-11-14-23(22(27)24-21,19-9-5-2-6-10-19)20-12-15-25(16-13-20)17-18-7-3-1-4-8-18/h1-10,20H,11-17H2,(H,24,26,27)/t23-/m1/s1. The van der Waals surface area contributed by atoms with E-state index in [0.717, 1.165) is 38.0 Å². The van der Waals surface area contributed by atoms with Crippen molar-refractivity contribution in [1.29, 1.82) is 0 Å². The molecule has 0 aliphatic carbocycles. The van der Waals surface area contributed by atoms with Crippen LogP contribution in [0.3, 0.4) is 0 Å². The van der Waals surface area contributed by atoms with Crippen LogP contribution in [0.2, 0.25) is 0 Å². The van der Waals surface area contributed by atoms with Crippen molar-refractivity contribution in [2.45, 2.75) is 37.6 Å². The lowest BCUT2D eigenvalue weighted by Crippen LogP contribution is -2.57. The maximum atomic E-state index is 13.1. The normalized spacial score (nSPS) is 24.6. The van der Waals surface area contributed by atoms with E-state index in [0.29, 0.717) is 12.8 Å². The molecule has 1 atom stereocenters. The van der Waals surface area contributed by atoms with Crippen molar-refractivity contribution in [1.82, 2.24) is 10.2 Å². The van der Waals surface area contributed by atoms with E-state index in [-0.39, 0.29) is 17.7 Å². The highest BCUT2D eigenvalue weighted by Crippen LogP contribution is 2.44. The third-order valence-electron chi connectivity index (χ3n) is 6.23. The molecule has 0 aromatic heterocycles. The number of piperidine rings is 2. The summed E-state index contributed by atoms with van der Waals surface area (Å²) >= 11 is 0. The third-order valence-corrected chi connectivity index (χ3v) is 6.23. The number of carbonyl (C=O) groups excluding carboxylic acids is 2. The van der Waals surface area contributed by atoms with Gasteiger partial charge in [0.2, 0.25) is 11.8 Å². The Bertz CT molecular complexity index is 798. The summed E-state index contributed by atoms with van der Waals surface area (Å²) in [6.07, 6.45) is 2.99. The van der Waals surface area contributed by atoms with E-state index in [4.69, 9.17) is 0 Å². The summed E-state index contributed by atoms with van der Waals surface area (Å²) in [6.45, 7) is 2.92. The number of carbonyl (C=O) groups is 2. The van der Waals surface area contributed by atoms with E-state index in [1.807, 2.05) is 36.4 Å². The molecule has 0 saturated carbocycles. The smallest absolute Gasteiger partial charge is 0.237 e. The molecular formula is C23H26N2O2. The molecule has 4 rings (SSSR count). The summed E-state index contributed by atoms with van der Waals surface area (Å²) < 4.78 is 0. The van der Waals surface area contributed by atoms with Crippen LogP contribution in [0.25, 0.3) is 0 Å². The summed E-state index contributed by atoms with van der Waals surface area (Å²) in [5, 5.41) is 2.63. The zero-order valence-corrected chi connectivity index (χ0v) is 15.6. The number of hydrogen-bond acceptors (Lipinski definition) is 3. The molecule has 2 fully saturated rings. The van der Waals surface area contributed by atoms with Crippen LogP contribution in [0.5, 0.6) is 0 Å². The Hall–Kier alpha value is -2.46. The topological polar surface area (TPSA) is 49.4 Å². The summed E-state index contributed by atoms with van der Waals surface area (Å²) in [7, 11) is 0. The molecule has 0 radical (unpaired) electrons. The van der Waals surface area contributed by atoms with E-state index in [2.05, 4.69) is 34.5 Å². The maximum Gasteiger partial charge on any atom is 0.237 e. The van der Waals surface area contributed by atoms with Crippen LogP contribution in [0.1, 0.15) is 36.8 Å². The molecule has 2 aromatic carbocycles. The van der Waals surface area contributed by atoms with Crippen LogP contribution in [0, 0.1) is 5.92 Å². The molecule has 2 heterocycles. The van der Waals surface area contributed by atoms with Gasteiger partial charge in [-0.25, -0.2) is 0 Å². The first-order valence-corrected chi connectivity index (χ1v) is 9.84. The Kier molecular flexibility index (Phi) is 5.08. The highest BCUT2D eigenvalue weighted by molar-refractivity contribution is 6.03. The van der Waals surface area contributed by atoms with Gasteiger partial charge in [0.15, 0.2) is 0 Å². The predicted octanol–water partition coefficient (Wildman–Crippen LogP) is 3.27.